The first-order valence-electron chi connectivity index (χ1n) is 15.2. The highest BCUT2D eigenvalue weighted by molar-refractivity contribution is 5.51. The number of rotatable bonds is 9. The Balaban J connectivity index is 2.33. The van der Waals surface area contributed by atoms with Gasteiger partial charge in [0.15, 0.2) is 0 Å². The first-order valence-corrected chi connectivity index (χ1v) is 15.2. The molecule has 228 valence electrons. The summed E-state index contributed by atoms with van der Waals surface area (Å²) in [5.74, 6) is 0.840. The molecule has 4 N–H and O–H groups in total. The second-order valence-corrected chi connectivity index (χ2v) is 15.6. The Bertz CT molecular complexity index is 1060. The van der Waals surface area contributed by atoms with E-state index < -0.39 is 0 Å². The summed E-state index contributed by atoms with van der Waals surface area (Å²) in [4.78, 5) is 2.21. The molecule has 0 saturated heterocycles. The first-order chi connectivity index (χ1) is 18.7. The summed E-state index contributed by atoms with van der Waals surface area (Å²) < 4.78 is 0. The molecule has 2 rings (SSSR count). The molecule has 0 atom stereocenters. The molecule has 0 aliphatic heterocycles. The third-order valence-corrected chi connectivity index (χ3v) is 7.49. The molecule has 2 aromatic carbocycles. The van der Waals surface area contributed by atoms with Crippen molar-refractivity contribution >= 4 is 0 Å². The van der Waals surface area contributed by atoms with E-state index in [9.17, 15) is 10.2 Å². The molecule has 4 heteroatoms. The fraction of sp³-hybridized carbons (Fsp3) is 0.568. The summed E-state index contributed by atoms with van der Waals surface area (Å²) in [6.45, 7) is 27.3. The van der Waals surface area contributed by atoms with Gasteiger partial charge in [-0.25, -0.2) is 0 Å². The second-order valence-electron chi connectivity index (χ2n) is 15.6. The molecular weight excluding hydrogens is 504 g/mol. The van der Waals surface area contributed by atoms with E-state index in [2.05, 4.69) is 137 Å². The molecule has 0 bridgehead atoms. The standard InChI is InChI=1S/C37H58N2O2/c1-34(2,3)28-22-26(23-29(32(28)40)35(4,5)6)16-13-19-39(21-15-18-38)20-14-17-27-24-30(36(7,8)9)33(41)31(25-27)37(10,11)12/h13-14,19-20,22-25,40-41H,15-18,21,38H2,1-12H3. The van der Waals surface area contributed by atoms with Gasteiger partial charge < -0.3 is 20.8 Å². The fourth-order valence-electron chi connectivity index (χ4n) is 5.03. The average molecular weight is 563 g/mol. The van der Waals surface area contributed by atoms with Crippen molar-refractivity contribution in [2.24, 2.45) is 5.73 Å². The monoisotopic (exact) mass is 562 g/mol. The summed E-state index contributed by atoms with van der Waals surface area (Å²) in [5.41, 5.74) is 11.6. The van der Waals surface area contributed by atoms with E-state index in [0.717, 1.165) is 48.1 Å². The maximum atomic E-state index is 11.1. The lowest BCUT2D eigenvalue weighted by Crippen LogP contribution is -2.18. The van der Waals surface area contributed by atoms with Gasteiger partial charge in [0.05, 0.1) is 0 Å². The fourth-order valence-corrected chi connectivity index (χ4v) is 5.03. The predicted octanol–water partition coefficient (Wildman–Crippen LogP) is 8.75. The van der Waals surface area contributed by atoms with Gasteiger partial charge in [0.25, 0.3) is 0 Å². The van der Waals surface area contributed by atoms with Crippen molar-refractivity contribution < 1.29 is 10.2 Å². The van der Waals surface area contributed by atoms with Crippen LogP contribution in [0.3, 0.4) is 0 Å². The number of aromatic hydroxyl groups is 2. The number of benzene rings is 2. The molecule has 0 saturated carbocycles. The van der Waals surface area contributed by atoms with Crippen LogP contribution in [0.25, 0.3) is 0 Å². The number of nitrogens with two attached hydrogens (primary N) is 1. The highest BCUT2D eigenvalue weighted by Gasteiger charge is 2.27. The van der Waals surface area contributed by atoms with Crippen LogP contribution in [0.5, 0.6) is 11.5 Å². The maximum absolute atomic E-state index is 11.1. The molecule has 0 fully saturated rings. The molecule has 2 aromatic rings. The van der Waals surface area contributed by atoms with Gasteiger partial charge in [-0.05, 0) is 93.2 Å². The number of nitrogens with zero attached hydrogens (tertiary/aromatic N) is 1. The number of hydrogen-bond donors (Lipinski definition) is 3. The molecule has 4 nitrogen and oxygen atoms in total. The third kappa shape index (κ3) is 9.67. The van der Waals surface area contributed by atoms with Gasteiger partial charge in [0.2, 0.25) is 0 Å². The topological polar surface area (TPSA) is 69.7 Å². The van der Waals surface area contributed by atoms with Crippen LogP contribution in [-0.4, -0.2) is 28.2 Å². The first kappa shape index (κ1) is 34.5. The van der Waals surface area contributed by atoms with E-state index in [1.54, 1.807) is 0 Å². The normalized spacial score (nSPS) is 13.5. The quantitative estimate of drug-likeness (QED) is 0.286. The van der Waals surface area contributed by atoms with Crippen molar-refractivity contribution in [3.8, 4) is 11.5 Å². The number of allylic oxidation sites excluding steroid dienone is 2. The molecular formula is C37H58N2O2. The van der Waals surface area contributed by atoms with Crippen molar-refractivity contribution in [3.05, 3.63) is 82.2 Å². The summed E-state index contributed by atoms with van der Waals surface area (Å²) in [6, 6.07) is 8.61. The molecule has 0 spiro atoms. The molecule has 0 aliphatic rings. The van der Waals surface area contributed by atoms with E-state index in [-0.39, 0.29) is 21.7 Å². The lowest BCUT2D eigenvalue weighted by atomic mass is 9.78. The zero-order valence-corrected chi connectivity index (χ0v) is 28.1. The number of phenols is 2. The Morgan fingerprint density at radius 1 is 0.585 bits per heavy atom. The van der Waals surface area contributed by atoms with Crippen LogP contribution in [0.4, 0.5) is 0 Å². The van der Waals surface area contributed by atoms with E-state index in [0.29, 0.717) is 18.0 Å². The number of phenolic OH excluding ortho intramolecular Hbond substituents is 2. The van der Waals surface area contributed by atoms with Gasteiger partial charge >= 0.3 is 0 Å². The highest BCUT2D eigenvalue weighted by atomic mass is 16.3. The van der Waals surface area contributed by atoms with Gasteiger partial charge in [-0.15, -0.1) is 0 Å². The lowest BCUT2D eigenvalue weighted by Gasteiger charge is -2.28. The minimum atomic E-state index is -0.145. The Hall–Kier alpha value is -2.72. The Kier molecular flexibility index (Phi) is 11.0. The summed E-state index contributed by atoms with van der Waals surface area (Å²) >= 11 is 0. The Labute approximate surface area is 251 Å². The van der Waals surface area contributed by atoms with E-state index in [1.165, 1.54) is 11.1 Å². The molecule has 0 aromatic heterocycles. The van der Waals surface area contributed by atoms with E-state index in [4.69, 9.17) is 5.73 Å². The van der Waals surface area contributed by atoms with E-state index >= 15 is 0 Å². The third-order valence-electron chi connectivity index (χ3n) is 7.49. The van der Waals surface area contributed by atoms with Crippen molar-refractivity contribution in [3.63, 3.8) is 0 Å². The molecule has 0 radical (unpaired) electrons. The second kappa shape index (κ2) is 13.1. The average Bonchev–Trinajstić information content (AvgIpc) is 2.80. The minimum Gasteiger partial charge on any atom is -0.507 e. The smallest absolute Gasteiger partial charge is 0.123 e. The van der Waals surface area contributed by atoms with Gasteiger partial charge in [-0.1, -0.05) is 120 Å². The predicted molar refractivity (Wildman–Crippen MR) is 177 cm³/mol. The van der Waals surface area contributed by atoms with Gasteiger partial charge in [-0.2, -0.15) is 0 Å². The highest BCUT2D eigenvalue weighted by Crippen LogP contribution is 2.41. The van der Waals surface area contributed by atoms with Crippen LogP contribution >= 0.6 is 0 Å². The van der Waals surface area contributed by atoms with Crippen molar-refractivity contribution in [2.75, 3.05) is 13.1 Å². The summed E-state index contributed by atoms with van der Waals surface area (Å²) in [5, 5.41) is 22.1. The SMILES string of the molecule is CC(C)(C)c1cc(CC=CN(C=CCc2cc(C(C)(C)C)c(O)c(C(C)(C)C)c2)CCCN)cc(C(C)(C)C)c1O. The van der Waals surface area contributed by atoms with Crippen LogP contribution in [-0.2, 0) is 34.5 Å². The minimum absolute atomic E-state index is 0.145. The lowest BCUT2D eigenvalue weighted by molar-refractivity contribution is 0.422. The van der Waals surface area contributed by atoms with Crippen molar-refractivity contribution in [1.29, 1.82) is 0 Å². The number of hydrogen-bond acceptors (Lipinski definition) is 4. The van der Waals surface area contributed by atoms with Gasteiger partial charge in [-0.3, -0.25) is 0 Å². The van der Waals surface area contributed by atoms with Crippen LogP contribution in [0, 0.1) is 0 Å². The van der Waals surface area contributed by atoms with Gasteiger partial charge in [0.1, 0.15) is 11.5 Å². The van der Waals surface area contributed by atoms with E-state index in [1.807, 2.05) is 0 Å². The molecule has 41 heavy (non-hydrogen) atoms. The molecule has 0 unspecified atom stereocenters. The van der Waals surface area contributed by atoms with Gasteiger partial charge in [0, 0.05) is 6.54 Å². The van der Waals surface area contributed by atoms with Crippen molar-refractivity contribution in [2.45, 2.75) is 124 Å². The Morgan fingerprint density at radius 3 is 1.12 bits per heavy atom. The maximum Gasteiger partial charge on any atom is 0.123 e. The van der Waals surface area contributed by atoms with Crippen LogP contribution in [0.1, 0.15) is 123 Å². The largest absolute Gasteiger partial charge is 0.507 e. The van der Waals surface area contributed by atoms with Crippen LogP contribution < -0.4 is 5.73 Å². The zero-order chi connectivity index (χ0) is 31.4. The summed E-state index contributed by atoms with van der Waals surface area (Å²) in [6.07, 6.45) is 11.1. The summed E-state index contributed by atoms with van der Waals surface area (Å²) in [7, 11) is 0. The van der Waals surface area contributed by atoms with Crippen LogP contribution in [0.2, 0.25) is 0 Å². The van der Waals surface area contributed by atoms with Crippen LogP contribution in [0.15, 0.2) is 48.8 Å². The van der Waals surface area contributed by atoms with Crippen molar-refractivity contribution in [1.82, 2.24) is 4.90 Å². The molecule has 0 amide bonds. The molecule has 0 aliphatic carbocycles. The zero-order valence-electron chi connectivity index (χ0n) is 28.1. The Morgan fingerprint density at radius 2 is 0.878 bits per heavy atom. The molecule has 0 heterocycles.